The maximum atomic E-state index is 12.5. The van der Waals surface area contributed by atoms with Crippen molar-refractivity contribution in [3.63, 3.8) is 0 Å². The Morgan fingerprint density at radius 3 is 2.52 bits per heavy atom. The molecule has 0 N–H and O–H groups in total. The van der Waals surface area contributed by atoms with E-state index in [1.54, 1.807) is 24.0 Å². The van der Waals surface area contributed by atoms with Gasteiger partial charge in [-0.25, -0.2) is 0 Å². The molecular weight excluding hydrogens is 367 g/mol. The Balaban J connectivity index is 1.77. The van der Waals surface area contributed by atoms with Gasteiger partial charge < -0.3 is 9.64 Å². The highest BCUT2D eigenvalue weighted by molar-refractivity contribution is 5.95. The van der Waals surface area contributed by atoms with Crippen LogP contribution in [0.1, 0.15) is 22.3 Å². The van der Waals surface area contributed by atoms with Crippen LogP contribution >= 0.6 is 0 Å². The Bertz CT molecular complexity index is 674. The first-order valence-electron chi connectivity index (χ1n) is 8.58. The number of ether oxygens (including phenoxy) is 1. The normalized spacial score (nSPS) is 15.8. The molecule has 0 unspecified atom stereocenters. The summed E-state index contributed by atoms with van der Waals surface area (Å²) in [5.41, 5.74) is 0.689. The average Bonchev–Trinajstić information content (AvgIpc) is 2.60. The van der Waals surface area contributed by atoms with E-state index in [2.05, 4.69) is 9.64 Å². The molecule has 1 aromatic carbocycles. The average molecular weight is 389 g/mol. The van der Waals surface area contributed by atoms with Crippen LogP contribution in [0.5, 0.6) is 0 Å². The van der Waals surface area contributed by atoms with Crippen molar-refractivity contribution < 1.29 is 27.6 Å². The highest BCUT2D eigenvalue weighted by atomic mass is 19.4. The number of benzene rings is 1. The Kier molecular flexibility index (Phi) is 7.14. The summed E-state index contributed by atoms with van der Waals surface area (Å²) in [7, 11) is 0. The molecule has 1 amide bonds. The summed E-state index contributed by atoms with van der Waals surface area (Å²) in [6.07, 6.45) is -3.83. The lowest BCUT2D eigenvalue weighted by atomic mass is 10.1. The summed E-state index contributed by atoms with van der Waals surface area (Å²) in [4.78, 5) is 26.7. The van der Waals surface area contributed by atoms with Crippen LogP contribution in [-0.2, 0) is 4.74 Å². The van der Waals surface area contributed by atoms with Crippen molar-refractivity contribution >= 4 is 11.6 Å². The number of piperazine rings is 1. The van der Waals surface area contributed by atoms with Crippen molar-refractivity contribution in [2.24, 2.45) is 0 Å². The Labute approximate surface area is 154 Å². The van der Waals surface area contributed by atoms with E-state index in [1.165, 1.54) is 6.07 Å². The highest BCUT2D eigenvalue weighted by Gasteiger charge is 2.27. The number of amides is 1. The molecule has 0 radical (unpaired) electrons. The SMILES string of the molecule is Cc1ccc(C(=O)N2CCN(CCCOCC(F)(F)F)CC2)cc1[N+](=O)[O-]. The van der Waals surface area contributed by atoms with Crippen LogP contribution < -0.4 is 0 Å². The minimum atomic E-state index is -4.31. The zero-order chi connectivity index (χ0) is 20.0. The zero-order valence-corrected chi connectivity index (χ0v) is 15.0. The number of carbonyl (C=O) groups is 1. The lowest BCUT2D eigenvalue weighted by molar-refractivity contribution is -0.385. The van der Waals surface area contributed by atoms with Gasteiger partial charge in [0.05, 0.1) is 4.92 Å². The second-order valence-corrected chi connectivity index (χ2v) is 6.41. The third kappa shape index (κ3) is 6.47. The van der Waals surface area contributed by atoms with E-state index in [0.717, 1.165) is 0 Å². The van der Waals surface area contributed by atoms with E-state index in [0.29, 0.717) is 44.7 Å². The van der Waals surface area contributed by atoms with Crippen LogP contribution in [0, 0.1) is 17.0 Å². The second kappa shape index (κ2) is 9.14. The molecule has 10 heteroatoms. The number of nitro benzene ring substituents is 1. The zero-order valence-electron chi connectivity index (χ0n) is 15.0. The van der Waals surface area contributed by atoms with E-state index in [-0.39, 0.29) is 23.8 Å². The predicted octanol–water partition coefficient (Wildman–Crippen LogP) is 2.63. The van der Waals surface area contributed by atoms with Gasteiger partial charge in [0.25, 0.3) is 11.6 Å². The van der Waals surface area contributed by atoms with Gasteiger partial charge in [0.15, 0.2) is 0 Å². The van der Waals surface area contributed by atoms with Crippen LogP contribution in [0.15, 0.2) is 18.2 Å². The predicted molar refractivity (Wildman–Crippen MR) is 91.7 cm³/mol. The Morgan fingerprint density at radius 1 is 1.26 bits per heavy atom. The molecule has 0 spiro atoms. The lowest BCUT2D eigenvalue weighted by Crippen LogP contribution is -2.49. The summed E-state index contributed by atoms with van der Waals surface area (Å²) < 4.78 is 40.5. The van der Waals surface area contributed by atoms with Crippen molar-refractivity contribution in [3.05, 3.63) is 39.4 Å². The summed E-state index contributed by atoms with van der Waals surface area (Å²) in [6.45, 7) is 3.12. The number of hydrogen-bond donors (Lipinski definition) is 0. The van der Waals surface area contributed by atoms with Crippen molar-refractivity contribution in [3.8, 4) is 0 Å². The van der Waals surface area contributed by atoms with E-state index in [4.69, 9.17) is 0 Å². The quantitative estimate of drug-likeness (QED) is 0.407. The standard InChI is InChI=1S/C17H22F3N3O4/c1-13-3-4-14(11-15(13)23(25)26)16(24)22-8-6-21(7-9-22)5-2-10-27-12-17(18,19)20/h3-4,11H,2,5-10,12H2,1H3. The van der Waals surface area contributed by atoms with Gasteiger partial charge in [0, 0.05) is 56.5 Å². The number of rotatable bonds is 7. The van der Waals surface area contributed by atoms with Crippen molar-refractivity contribution in [1.29, 1.82) is 0 Å². The number of halogens is 3. The van der Waals surface area contributed by atoms with E-state index < -0.39 is 17.7 Å². The first-order chi connectivity index (χ1) is 12.7. The highest BCUT2D eigenvalue weighted by Crippen LogP contribution is 2.21. The fourth-order valence-corrected chi connectivity index (χ4v) is 2.87. The first kappa shape index (κ1) is 21.1. The molecule has 0 saturated carbocycles. The molecule has 0 aliphatic carbocycles. The van der Waals surface area contributed by atoms with Gasteiger partial charge in [-0.2, -0.15) is 13.2 Å². The number of alkyl halides is 3. The Morgan fingerprint density at radius 2 is 1.93 bits per heavy atom. The van der Waals surface area contributed by atoms with Gasteiger partial charge in [-0.1, -0.05) is 6.07 Å². The smallest absolute Gasteiger partial charge is 0.372 e. The number of nitrogens with zero attached hydrogens (tertiary/aromatic N) is 3. The molecule has 1 aliphatic heterocycles. The first-order valence-corrected chi connectivity index (χ1v) is 8.58. The summed E-state index contributed by atoms with van der Waals surface area (Å²) in [5, 5.41) is 11.0. The largest absolute Gasteiger partial charge is 0.411 e. The fraction of sp³-hybridized carbons (Fsp3) is 0.588. The molecule has 0 bridgehead atoms. The van der Waals surface area contributed by atoms with Crippen LogP contribution in [0.4, 0.5) is 18.9 Å². The van der Waals surface area contributed by atoms with Crippen LogP contribution in [0.2, 0.25) is 0 Å². The van der Waals surface area contributed by atoms with Gasteiger partial charge in [-0.15, -0.1) is 0 Å². The molecule has 0 aromatic heterocycles. The fourth-order valence-electron chi connectivity index (χ4n) is 2.87. The van der Waals surface area contributed by atoms with Gasteiger partial charge in [0.2, 0.25) is 0 Å². The molecular formula is C17H22F3N3O4. The third-order valence-corrected chi connectivity index (χ3v) is 4.34. The molecule has 7 nitrogen and oxygen atoms in total. The summed E-state index contributed by atoms with van der Waals surface area (Å²) >= 11 is 0. The lowest BCUT2D eigenvalue weighted by Gasteiger charge is -2.34. The minimum Gasteiger partial charge on any atom is -0.372 e. The number of aryl methyl sites for hydroxylation is 1. The monoisotopic (exact) mass is 389 g/mol. The molecule has 27 heavy (non-hydrogen) atoms. The molecule has 150 valence electrons. The van der Waals surface area contributed by atoms with Crippen molar-refractivity contribution in [1.82, 2.24) is 9.80 Å². The van der Waals surface area contributed by atoms with Crippen LogP contribution in [0.25, 0.3) is 0 Å². The molecule has 1 heterocycles. The number of nitro groups is 1. The van der Waals surface area contributed by atoms with Crippen molar-refractivity contribution in [2.75, 3.05) is 45.9 Å². The van der Waals surface area contributed by atoms with Crippen LogP contribution in [0.3, 0.4) is 0 Å². The van der Waals surface area contributed by atoms with Gasteiger partial charge >= 0.3 is 6.18 Å². The Hall–Kier alpha value is -2.20. The topological polar surface area (TPSA) is 75.9 Å². The maximum absolute atomic E-state index is 12.5. The number of carbonyl (C=O) groups excluding carboxylic acids is 1. The molecule has 1 aliphatic rings. The van der Waals surface area contributed by atoms with Crippen molar-refractivity contribution in [2.45, 2.75) is 19.5 Å². The second-order valence-electron chi connectivity index (χ2n) is 6.41. The summed E-state index contributed by atoms with van der Waals surface area (Å²) in [5.74, 6) is -0.258. The van der Waals surface area contributed by atoms with Gasteiger partial charge in [-0.3, -0.25) is 19.8 Å². The molecule has 1 aromatic rings. The number of hydrogen-bond acceptors (Lipinski definition) is 5. The summed E-state index contributed by atoms with van der Waals surface area (Å²) in [6, 6.07) is 4.43. The third-order valence-electron chi connectivity index (χ3n) is 4.34. The minimum absolute atomic E-state index is 0.0334. The molecule has 1 fully saturated rings. The van der Waals surface area contributed by atoms with E-state index in [1.807, 2.05) is 0 Å². The van der Waals surface area contributed by atoms with Gasteiger partial charge in [0.1, 0.15) is 6.61 Å². The molecule has 1 saturated heterocycles. The van der Waals surface area contributed by atoms with E-state index >= 15 is 0 Å². The van der Waals surface area contributed by atoms with Crippen LogP contribution in [-0.4, -0.2) is 72.7 Å². The van der Waals surface area contributed by atoms with E-state index in [9.17, 15) is 28.1 Å². The maximum Gasteiger partial charge on any atom is 0.411 e. The molecule has 0 atom stereocenters. The molecule has 2 rings (SSSR count). The van der Waals surface area contributed by atoms with Gasteiger partial charge in [-0.05, 0) is 19.4 Å².